The average Bonchev–Trinajstić information content (AvgIpc) is 2.41. The predicted octanol–water partition coefficient (Wildman–Crippen LogP) is 2.98. The molecule has 1 rings (SSSR count). The molecule has 0 bridgehead atoms. The molecule has 0 aliphatic heterocycles. The fourth-order valence-electron chi connectivity index (χ4n) is 1.33. The minimum Gasteiger partial charge on any atom is -0.467 e. The van der Waals surface area contributed by atoms with Gasteiger partial charge in [-0.25, -0.2) is 0 Å². The van der Waals surface area contributed by atoms with Crippen molar-refractivity contribution in [1.29, 1.82) is 0 Å². The maximum atomic E-state index is 5.09. The van der Waals surface area contributed by atoms with Crippen LogP contribution in [0.5, 0.6) is 6.01 Å². The number of anilines is 1. The molecule has 0 aromatic carbocycles. The zero-order valence-corrected chi connectivity index (χ0v) is 12.2. The normalized spacial score (nSPS) is 10.4. The van der Waals surface area contributed by atoms with Gasteiger partial charge >= 0.3 is 6.01 Å². The van der Waals surface area contributed by atoms with Crippen LogP contribution >= 0.6 is 11.8 Å². The quantitative estimate of drug-likeness (QED) is 0.550. The number of nitrogens with one attached hydrogen (secondary N) is 1. The minimum absolute atomic E-state index is 0.376. The summed E-state index contributed by atoms with van der Waals surface area (Å²) in [5.74, 6) is 1.63. The molecule has 1 aromatic rings. The van der Waals surface area contributed by atoms with Gasteiger partial charge in [0.25, 0.3) is 0 Å². The fourth-order valence-corrected chi connectivity index (χ4v) is 2.15. The molecule has 0 unspecified atom stereocenters. The van der Waals surface area contributed by atoms with E-state index in [0.29, 0.717) is 12.0 Å². The van der Waals surface area contributed by atoms with Crippen LogP contribution in [0.4, 0.5) is 5.95 Å². The number of hydrogen-bond acceptors (Lipinski definition) is 6. The molecule has 0 atom stereocenters. The van der Waals surface area contributed by atoms with Gasteiger partial charge in [0.1, 0.15) is 0 Å². The summed E-state index contributed by atoms with van der Waals surface area (Å²) < 4.78 is 5.09. The van der Waals surface area contributed by atoms with Gasteiger partial charge in [0.15, 0.2) is 5.16 Å². The molecule has 1 N–H and O–H groups in total. The lowest BCUT2D eigenvalue weighted by atomic mass is 10.3. The number of unbranched alkanes of at least 4 members (excludes halogenated alkanes) is 2. The Kier molecular flexibility index (Phi) is 7.48. The average molecular weight is 270 g/mol. The summed E-state index contributed by atoms with van der Waals surface area (Å²) >= 11 is 1.66. The second kappa shape index (κ2) is 8.97. The van der Waals surface area contributed by atoms with Crippen LogP contribution in [0, 0.1) is 0 Å². The molecule has 0 fully saturated rings. The molecule has 1 heterocycles. The second-order valence-electron chi connectivity index (χ2n) is 3.91. The molecule has 6 heteroatoms. The lowest BCUT2D eigenvalue weighted by Gasteiger charge is -2.06. The summed E-state index contributed by atoms with van der Waals surface area (Å²) in [4.78, 5) is 12.8. The number of aromatic nitrogens is 3. The highest BCUT2D eigenvalue weighted by Gasteiger charge is 2.06. The molecule has 5 nitrogen and oxygen atoms in total. The predicted molar refractivity (Wildman–Crippen MR) is 75.4 cm³/mol. The summed E-state index contributed by atoms with van der Waals surface area (Å²) in [6.07, 6.45) is 4.69. The van der Waals surface area contributed by atoms with Crippen molar-refractivity contribution in [2.75, 3.05) is 24.7 Å². The summed E-state index contributed by atoms with van der Waals surface area (Å²) in [5.41, 5.74) is 0. The first-order chi connectivity index (χ1) is 8.80. The van der Waals surface area contributed by atoms with E-state index in [1.165, 1.54) is 19.3 Å². The maximum absolute atomic E-state index is 5.09. The van der Waals surface area contributed by atoms with E-state index in [1.54, 1.807) is 18.9 Å². The molecule has 0 amide bonds. The van der Waals surface area contributed by atoms with E-state index in [0.717, 1.165) is 23.9 Å². The Bertz CT molecular complexity index is 349. The van der Waals surface area contributed by atoms with Crippen LogP contribution < -0.4 is 10.1 Å². The van der Waals surface area contributed by atoms with Gasteiger partial charge in [0.05, 0.1) is 7.11 Å². The van der Waals surface area contributed by atoms with Gasteiger partial charge in [-0.15, -0.1) is 0 Å². The zero-order valence-electron chi connectivity index (χ0n) is 11.4. The molecule has 0 aliphatic carbocycles. The lowest BCUT2D eigenvalue weighted by molar-refractivity contribution is 0.373. The van der Waals surface area contributed by atoms with E-state index in [9.17, 15) is 0 Å². The van der Waals surface area contributed by atoms with Crippen LogP contribution in [0.3, 0.4) is 0 Å². The Hall–Kier alpha value is -1.04. The summed E-state index contributed by atoms with van der Waals surface area (Å²) in [6, 6.07) is 0.376. The minimum atomic E-state index is 0.376. The van der Waals surface area contributed by atoms with E-state index >= 15 is 0 Å². The van der Waals surface area contributed by atoms with E-state index in [-0.39, 0.29) is 0 Å². The monoisotopic (exact) mass is 270 g/mol. The van der Waals surface area contributed by atoms with E-state index < -0.39 is 0 Å². The molecular formula is C12H22N4OS. The first-order valence-electron chi connectivity index (χ1n) is 6.46. The molecule has 0 saturated heterocycles. The van der Waals surface area contributed by atoms with E-state index in [1.807, 2.05) is 0 Å². The maximum Gasteiger partial charge on any atom is 0.321 e. The Balaban J connectivity index is 2.58. The van der Waals surface area contributed by atoms with Gasteiger partial charge in [-0.05, 0) is 12.8 Å². The van der Waals surface area contributed by atoms with Crippen molar-refractivity contribution in [3.63, 3.8) is 0 Å². The van der Waals surface area contributed by atoms with Gasteiger partial charge in [-0.2, -0.15) is 15.0 Å². The van der Waals surface area contributed by atoms with Crippen molar-refractivity contribution >= 4 is 17.7 Å². The van der Waals surface area contributed by atoms with Gasteiger partial charge in [-0.3, -0.25) is 0 Å². The van der Waals surface area contributed by atoms with Gasteiger partial charge in [-0.1, -0.05) is 38.5 Å². The van der Waals surface area contributed by atoms with Crippen molar-refractivity contribution in [3.8, 4) is 6.01 Å². The SMILES string of the molecule is CCCCCSc1nc(NCCC)nc(OC)n1. The second-order valence-corrected chi connectivity index (χ2v) is 4.97. The van der Waals surface area contributed by atoms with Crippen molar-refractivity contribution in [1.82, 2.24) is 15.0 Å². The van der Waals surface area contributed by atoms with Crippen molar-refractivity contribution in [2.24, 2.45) is 0 Å². The summed E-state index contributed by atoms with van der Waals surface area (Å²) in [6.45, 7) is 5.16. The van der Waals surface area contributed by atoms with Gasteiger partial charge in [0, 0.05) is 12.3 Å². The number of nitrogens with zero attached hydrogens (tertiary/aromatic N) is 3. The van der Waals surface area contributed by atoms with Crippen LogP contribution in [0.25, 0.3) is 0 Å². The Morgan fingerprint density at radius 1 is 1.11 bits per heavy atom. The zero-order chi connectivity index (χ0) is 13.2. The van der Waals surface area contributed by atoms with Gasteiger partial charge < -0.3 is 10.1 Å². The molecule has 1 aromatic heterocycles. The van der Waals surface area contributed by atoms with E-state index in [2.05, 4.69) is 34.1 Å². The molecule has 102 valence electrons. The highest BCUT2D eigenvalue weighted by molar-refractivity contribution is 7.99. The molecule has 18 heavy (non-hydrogen) atoms. The first-order valence-corrected chi connectivity index (χ1v) is 7.45. The smallest absolute Gasteiger partial charge is 0.321 e. The molecular weight excluding hydrogens is 248 g/mol. The van der Waals surface area contributed by atoms with Crippen LogP contribution in [-0.2, 0) is 0 Å². The third-order valence-corrected chi connectivity index (χ3v) is 3.22. The molecule has 0 radical (unpaired) electrons. The Morgan fingerprint density at radius 2 is 1.94 bits per heavy atom. The fraction of sp³-hybridized carbons (Fsp3) is 0.750. The summed E-state index contributed by atoms with van der Waals surface area (Å²) in [5, 5.41) is 3.89. The van der Waals surface area contributed by atoms with E-state index in [4.69, 9.17) is 4.74 Å². The topological polar surface area (TPSA) is 59.9 Å². The Labute approximate surface area is 113 Å². The number of thioether (sulfide) groups is 1. The van der Waals surface area contributed by atoms with Crippen molar-refractivity contribution in [3.05, 3.63) is 0 Å². The summed E-state index contributed by atoms with van der Waals surface area (Å²) in [7, 11) is 1.57. The largest absolute Gasteiger partial charge is 0.467 e. The third kappa shape index (κ3) is 5.53. The van der Waals surface area contributed by atoms with Crippen LogP contribution in [0.2, 0.25) is 0 Å². The molecule has 0 saturated carbocycles. The van der Waals surface area contributed by atoms with Crippen molar-refractivity contribution in [2.45, 2.75) is 44.7 Å². The lowest BCUT2D eigenvalue weighted by Crippen LogP contribution is -2.07. The molecule has 0 spiro atoms. The highest BCUT2D eigenvalue weighted by atomic mass is 32.2. The molecule has 0 aliphatic rings. The number of ether oxygens (including phenoxy) is 1. The van der Waals surface area contributed by atoms with Crippen LogP contribution in [0.15, 0.2) is 5.16 Å². The van der Waals surface area contributed by atoms with Gasteiger partial charge in [0.2, 0.25) is 5.95 Å². The number of rotatable bonds is 9. The third-order valence-electron chi connectivity index (χ3n) is 2.29. The first kappa shape index (κ1) is 15.0. The van der Waals surface area contributed by atoms with Crippen LogP contribution in [0.1, 0.15) is 39.5 Å². The standard InChI is InChI=1S/C12H22N4OS/c1-4-6-7-9-18-12-15-10(13-8-5-2)14-11(16-12)17-3/h4-9H2,1-3H3,(H,13,14,15,16). The highest BCUT2D eigenvalue weighted by Crippen LogP contribution is 2.19. The van der Waals surface area contributed by atoms with Crippen LogP contribution in [-0.4, -0.2) is 34.4 Å². The number of methoxy groups -OCH3 is 1. The van der Waals surface area contributed by atoms with Crippen molar-refractivity contribution < 1.29 is 4.74 Å². The number of hydrogen-bond donors (Lipinski definition) is 1. The Morgan fingerprint density at radius 3 is 2.61 bits per heavy atom.